The summed E-state index contributed by atoms with van der Waals surface area (Å²) in [5.41, 5.74) is 0.560. The van der Waals surface area contributed by atoms with Crippen molar-refractivity contribution in [1.29, 1.82) is 0 Å². The molecule has 106 valence electrons. The van der Waals surface area contributed by atoms with Crippen LogP contribution in [-0.2, 0) is 0 Å². The van der Waals surface area contributed by atoms with Crippen LogP contribution >= 0.6 is 0 Å². The van der Waals surface area contributed by atoms with Gasteiger partial charge >= 0.3 is 0 Å². The quantitative estimate of drug-likeness (QED) is 0.786. The molecule has 3 nitrogen and oxygen atoms in total. The highest BCUT2D eigenvalue weighted by Gasteiger charge is 2.23. The van der Waals surface area contributed by atoms with Crippen molar-refractivity contribution in [3.8, 4) is 5.75 Å². The van der Waals surface area contributed by atoms with Crippen LogP contribution in [0.2, 0.25) is 0 Å². The van der Waals surface area contributed by atoms with Crippen molar-refractivity contribution >= 4 is 0 Å². The van der Waals surface area contributed by atoms with Crippen LogP contribution in [0.25, 0.3) is 0 Å². The number of phenols is 1. The molecule has 0 amide bonds. The Morgan fingerprint density at radius 1 is 1.37 bits per heavy atom. The van der Waals surface area contributed by atoms with Crippen LogP contribution in [0.15, 0.2) is 18.2 Å². The van der Waals surface area contributed by atoms with Gasteiger partial charge in [0.15, 0.2) is 0 Å². The summed E-state index contributed by atoms with van der Waals surface area (Å²) in [6.45, 7) is 2.59. The molecule has 1 fully saturated rings. The summed E-state index contributed by atoms with van der Waals surface area (Å²) in [4.78, 5) is 0. The summed E-state index contributed by atoms with van der Waals surface area (Å²) < 4.78 is 13.2. The lowest BCUT2D eigenvalue weighted by molar-refractivity contribution is 0.0683. The number of aliphatic hydroxyl groups excluding tert-OH is 1. The fourth-order valence-corrected chi connectivity index (χ4v) is 2.74. The van der Waals surface area contributed by atoms with Crippen molar-refractivity contribution in [2.24, 2.45) is 5.92 Å². The van der Waals surface area contributed by atoms with Crippen LogP contribution in [0.1, 0.15) is 44.2 Å². The van der Waals surface area contributed by atoms with E-state index >= 15 is 0 Å². The fourth-order valence-electron chi connectivity index (χ4n) is 2.74. The van der Waals surface area contributed by atoms with E-state index in [1.54, 1.807) is 0 Å². The number of rotatable bonds is 4. The Labute approximate surface area is 113 Å². The first-order chi connectivity index (χ1) is 9.08. The Bertz CT molecular complexity index is 425. The van der Waals surface area contributed by atoms with Gasteiger partial charge in [0.05, 0.1) is 6.10 Å². The van der Waals surface area contributed by atoms with Gasteiger partial charge < -0.3 is 15.5 Å². The molecule has 1 aromatic rings. The van der Waals surface area contributed by atoms with E-state index in [1.807, 2.05) is 6.92 Å². The molecule has 0 heterocycles. The third-order valence-electron chi connectivity index (χ3n) is 4.01. The maximum absolute atomic E-state index is 13.2. The zero-order chi connectivity index (χ0) is 13.8. The molecule has 3 atom stereocenters. The molecule has 1 saturated carbocycles. The first kappa shape index (κ1) is 14.3. The molecular formula is C15H22FNO2. The number of halogens is 1. The van der Waals surface area contributed by atoms with Crippen LogP contribution < -0.4 is 5.32 Å². The monoisotopic (exact) mass is 267 g/mol. The summed E-state index contributed by atoms with van der Waals surface area (Å²) >= 11 is 0. The summed E-state index contributed by atoms with van der Waals surface area (Å²) in [6, 6.07) is 3.84. The van der Waals surface area contributed by atoms with Gasteiger partial charge in [0.2, 0.25) is 0 Å². The zero-order valence-corrected chi connectivity index (χ0v) is 11.3. The lowest BCUT2D eigenvalue weighted by Crippen LogP contribution is -2.35. The Balaban J connectivity index is 1.93. The van der Waals surface area contributed by atoms with E-state index in [-0.39, 0.29) is 29.6 Å². The zero-order valence-electron chi connectivity index (χ0n) is 11.3. The summed E-state index contributed by atoms with van der Waals surface area (Å²) in [5, 5.41) is 22.9. The van der Waals surface area contributed by atoms with Gasteiger partial charge in [-0.2, -0.15) is 0 Å². The summed E-state index contributed by atoms with van der Waals surface area (Å²) in [7, 11) is 0. The van der Waals surface area contributed by atoms with E-state index in [0.717, 1.165) is 25.7 Å². The molecule has 0 aliphatic heterocycles. The van der Waals surface area contributed by atoms with Crippen molar-refractivity contribution < 1.29 is 14.6 Å². The van der Waals surface area contributed by atoms with Crippen molar-refractivity contribution in [2.45, 2.75) is 44.8 Å². The molecule has 2 rings (SSSR count). The molecule has 0 aromatic heterocycles. The third kappa shape index (κ3) is 3.67. The highest BCUT2D eigenvalue weighted by molar-refractivity contribution is 5.34. The number of phenolic OH excluding ortho intramolecular Hbond substituents is 1. The van der Waals surface area contributed by atoms with Crippen LogP contribution in [0.4, 0.5) is 4.39 Å². The van der Waals surface area contributed by atoms with E-state index < -0.39 is 0 Å². The normalized spacial score (nSPS) is 25.2. The topological polar surface area (TPSA) is 52.5 Å². The highest BCUT2D eigenvalue weighted by Crippen LogP contribution is 2.27. The van der Waals surface area contributed by atoms with Crippen LogP contribution in [0.3, 0.4) is 0 Å². The van der Waals surface area contributed by atoms with Gasteiger partial charge in [0.25, 0.3) is 0 Å². The first-order valence-corrected chi connectivity index (χ1v) is 6.98. The van der Waals surface area contributed by atoms with E-state index in [4.69, 9.17) is 0 Å². The molecule has 0 bridgehead atoms. The Hall–Kier alpha value is -1.13. The number of aliphatic hydroxyl groups is 1. The molecular weight excluding hydrogens is 245 g/mol. The smallest absolute Gasteiger partial charge is 0.123 e. The molecule has 1 aromatic carbocycles. The number of aromatic hydroxyl groups is 1. The number of benzene rings is 1. The Kier molecular flexibility index (Phi) is 4.77. The number of hydrogen-bond donors (Lipinski definition) is 3. The van der Waals surface area contributed by atoms with Gasteiger partial charge in [0, 0.05) is 18.2 Å². The van der Waals surface area contributed by atoms with Gasteiger partial charge in [-0.25, -0.2) is 4.39 Å². The Morgan fingerprint density at radius 3 is 2.84 bits per heavy atom. The van der Waals surface area contributed by atoms with E-state index in [0.29, 0.717) is 12.1 Å². The molecule has 0 saturated heterocycles. The maximum atomic E-state index is 13.2. The number of nitrogens with one attached hydrogen (secondary N) is 1. The van der Waals surface area contributed by atoms with Gasteiger partial charge in [-0.3, -0.25) is 0 Å². The van der Waals surface area contributed by atoms with Crippen LogP contribution in [0.5, 0.6) is 5.75 Å². The second kappa shape index (κ2) is 6.35. The molecule has 3 unspecified atom stereocenters. The minimum Gasteiger partial charge on any atom is -0.508 e. The molecule has 3 N–H and O–H groups in total. The SMILES string of the molecule is CC(NCC1CCCCC1O)c1cc(F)ccc1O. The van der Waals surface area contributed by atoms with Crippen molar-refractivity contribution in [3.63, 3.8) is 0 Å². The summed E-state index contributed by atoms with van der Waals surface area (Å²) in [6.07, 6.45) is 3.90. The van der Waals surface area contributed by atoms with Gasteiger partial charge in [-0.1, -0.05) is 12.8 Å². The Morgan fingerprint density at radius 2 is 2.11 bits per heavy atom. The fraction of sp³-hybridized carbons (Fsp3) is 0.600. The molecule has 0 spiro atoms. The number of hydrogen-bond acceptors (Lipinski definition) is 3. The molecule has 0 radical (unpaired) electrons. The second-order valence-electron chi connectivity index (χ2n) is 5.44. The lowest BCUT2D eigenvalue weighted by Gasteiger charge is -2.29. The molecule has 1 aliphatic carbocycles. The van der Waals surface area contributed by atoms with Crippen molar-refractivity contribution in [1.82, 2.24) is 5.32 Å². The second-order valence-corrected chi connectivity index (χ2v) is 5.44. The maximum Gasteiger partial charge on any atom is 0.123 e. The minimum atomic E-state index is -0.348. The van der Waals surface area contributed by atoms with E-state index in [1.165, 1.54) is 18.2 Å². The first-order valence-electron chi connectivity index (χ1n) is 6.98. The predicted molar refractivity (Wildman–Crippen MR) is 72.4 cm³/mol. The van der Waals surface area contributed by atoms with Crippen LogP contribution in [-0.4, -0.2) is 22.9 Å². The van der Waals surface area contributed by atoms with E-state index in [9.17, 15) is 14.6 Å². The lowest BCUT2D eigenvalue weighted by atomic mass is 9.86. The third-order valence-corrected chi connectivity index (χ3v) is 4.01. The minimum absolute atomic E-state index is 0.102. The van der Waals surface area contributed by atoms with E-state index in [2.05, 4.69) is 5.32 Å². The molecule has 4 heteroatoms. The summed E-state index contributed by atoms with van der Waals surface area (Å²) in [5.74, 6) is 0.0108. The largest absolute Gasteiger partial charge is 0.508 e. The van der Waals surface area contributed by atoms with Crippen LogP contribution in [0, 0.1) is 11.7 Å². The van der Waals surface area contributed by atoms with Gasteiger partial charge in [-0.15, -0.1) is 0 Å². The molecule has 19 heavy (non-hydrogen) atoms. The van der Waals surface area contributed by atoms with Crippen molar-refractivity contribution in [3.05, 3.63) is 29.6 Å². The predicted octanol–water partition coefficient (Wildman–Crippen LogP) is 2.73. The van der Waals surface area contributed by atoms with Gasteiger partial charge in [-0.05, 0) is 43.9 Å². The molecule has 1 aliphatic rings. The van der Waals surface area contributed by atoms with Gasteiger partial charge in [0.1, 0.15) is 11.6 Å². The highest BCUT2D eigenvalue weighted by atomic mass is 19.1. The standard InChI is InChI=1S/C15H22FNO2/c1-10(13-8-12(16)6-7-15(13)19)17-9-11-4-2-3-5-14(11)18/h6-8,10-11,14,17-19H,2-5,9H2,1H3. The van der Waals surface area contributed by atoms with Crippen molar-refractivity contribution in [2.75, 3.05) is 6.54 Å². The average molecular weight is 267 g/mol. The average Bonchev–Trinajstić information content (AvgIpc) is 2.40.